The predicted octanol–water partition coefficient (Wildman–Crippen LogP) is 1.82. The molecule has 3 nitrogen and oxygen atoms in total. The lowest BCUT2D eigenvalue weighted by atomic mass is 9.86. The largest absolute Gasteiger partial charge is 0.381 e. The summed E-state index contributed by atoms with van der Waals surface area (Å²) in [7, 11) is 1.79. The predicted molar refractivity (Wildman–Crippen MR) is 62.1 cm³/mol. The lowest BCUT2D eigenvalue weighted by Crippen LogP contribution is -2.53. The van der Waals surface area contributed by atoms with Gasteiger partial charge in [0.15, 0.2) is 0 Å². The average molecular weight is 215 g/mol. The summed E-state index contributed by atoms with van der Waals surface area (Å²) in [5.41, 5.74) is -0.118. The molecule has 2 atom stereocenters. The monoisotopic (exact) mass is 215 g/mol. The molecule has 1 fully saturated rings. The standard InChI is InChI=1S/C12H25NO2/c1-5-7-13-11(12(2,3)14-4)10-6-8-15-9-10/h10-11,13H,5-9H2,1-4H3. The van der Waals surface area contributed by atoms with Crippen LogP contribution in [0.25, 0.3) is 0 Å². The molecule has 0 radical (unpaired) electrons. The smallest absolute Gasteiger partial charge is 0.0778 e. The number of methoxy groups -OCH3 is 1. The molecule has 15 heavy (non-hydrogen) atoms. The fourth-order valence-corrected chi connectivity index (χ4v) is 2.22. The molecule has 0 spiro atoms. The zero-order valence-corrected chi connectivity index (χ0v) is 10.5. The topological polar surface area (TPSA) is 30.5 Å². The first kappa shape index (κ1) is 12.9. The molecule has 1 heterocycles. The molecule has 0 aromatic rings. The first-order valence-corrected chi connectivity index (χ1v) is 5.98. The second kappa shape index (κ2) is 5.83. The van der Waals surface area contributed by atoms with Gasteiger partial charge < -0.3 is 14.8 Å². The first-order chi connectivity index (χ1) is 7.11. The number of hydrogen-bond acceptors (Lipinski definition) is 3. The van der Waals surface area contributed by atoms with Crippen molar-refractivity contribution in [2.75, 3.05) is 26.9 Å². The van der Waals surface area contributed by atoms with Gasteiger partial charge in [-0.1, -0.05) is 6.92 Å². The Labute approximate surface area is 93.5 Å². The summed E-state index contributed by atoms with van der Waals surface area (Å²) in [6, 6.07) is 0.393. The molecule has 0 aromatic carbocycles. The van der Waals surface area contributed by atoms with Gasteiger partial charge in [-0.25, -0.2) is 0 Å². The van der Waals surface area contributed by atoms with Crippen LogP contribution in [0.1, 0.15) is 33.6 Å². The number of ether oxygens (including phenoxy) is 2. The van der Waals surface area contributed by atoms with E-state index in [4.69, 9.17) is 9.47 Å². The molecule has 0 aromatic heterocycles. The van der Waals surface area contributed by atoms with Crippen LogP contribution in [0.5, 0.6) is 0 Å². The van der Waals surface area contributed by atoms with E-state index in [9.17, 15) is 0 Å². The van der Waals surface area contributed by atoms with Crippen LogP contribution in [-0.2, 0) is 9.47 Å². The van der Waals surface area contributed by atoms with Crippen LogP contribution in [0.3, 0.4) is 0 Å². The molecular weight excluding hydrogens is 190 g/mol. The Kier molecular flexibility index (Phi) is 5.03. The fraction of sp³-hybridized carbons (Fsp3) is 1.00. The van der Waals surface area contributed by atoms with Crippen LogP contribution in [-0.4, -0.2) is 38.5 Å². The van der Waals surface area contributed by atoms with Gasteiger partial charge in [-0.2, -0.15) is 0 Å². The summed E-state index contributed by atoms with van der Waals surface area (Å²) in [6.45, 7) is 9.31. The van der Waals surface area contributed by atoms with E-state index in [0.717, 1.165) is 32.6 Å². The number of hydrogen-bond donors (Lipinski definition) is 1. The van der Waals surface area contributed by atoms with Gasteiger partial charge in [-0.15, -0.1) is 0 Å². The van der Waals surface area contributed by atoms with Crippen molar-refractivity contribution in [2.24, 2.45) is 5.92 Å². The van der Waals surface area contributed by atoms with Crippen molar-refractivity contribution in [1.82, 2.24) is 5.32 Å². The number of nitrogens with one attached hydrogen (secondary N) is 1. The van der Waals surface area contributed by atoms with Crippen molar-refractivity contribution in [3.8, 4) is 0 Å². The van der Waals surface area contributed by atoms with E-state index in [0.29, 0.717) is 12.0 Å². The van der Waals surface area contributed by atoms with E-state index in [1.807, 2.05) is 0 Å². The lowest BCUT2D eigenvalue weighted by Gasteiger charge is -2.37. The third-order valence-corrected chi connectivity index (χ3v) is 3.33. The van der Waals surface area contributed by atoms with E-state index in [1.165, 1.54) is 0 Å². The van der Waals surface area contributed by atoms with Gasteiger partial charge in [0.1, 0.15) is 0 Å². The van der Waals surface area contributed by atoms with Gasteiger partial charge in [-0.3, -0.25) is 0 Å². The van der Waals surface area contributed by atoms with Crippen LogP contribution in [0.4, 0.5) is 0 Å². The summed E-state index contributed by atoms with van der Waals surface area (Å²) in [5.74, 6) is 0.589. The normalized spacial score (nSPS) is 24.4. The zero-order chi connectivity index (χ0) is 11.3. The fourth-order valence-electron chi connectivity index (χ4n) is 2.22. The van der Waals surface area contributed by atoms with E-state index < -0.39 is 0 Å². The molecule has 1 aliphatic rings. The highest BCUT2D eigenvalue weighted by Gasteiger charge is 2.37. The van der Waals surface area contributed by atoms with Gasteiger partial charge in [0.25, 0.3) is 0 Å². The van der Waals surface area contributed by atoms with Crippen LogP contribution < -0.4 is 5.32 Å². The van der Waals surface area contributed by atoms with Gasteiger partial charge in [0, 0.05) is 25.7 Å². The summed E-state index contributed by atoms with van der Waals surface area (Å²) in [5, 5.41) is 3.60. The maximum absolute atomic E-state index is 5.59. The van der Waals surface area contributed by atoms with Crippen LogP contribution >= 0.6 is 0 Å². The Hall–Kier alpha value is -0.120. The highest BCUT2D eigenvalue weighted by molar-refractivity contribution is 4.92. The molecule has 1 N–H and O–H groups in total. The molecule has 0 aliphatic carbocycles. The van der Waals surface area contributed by atoms with Gasteiger partial charge in [-0.05, 0) is 33.2 Å². The lowest BCUT2D eigenvalue weighted by molar-refractivity contribution is -0.0288. The Bertz CT molecular complexity index is 176. The maximum Gasteiger partial charge on any atom is 0.0778 e. The minimum absolute atomic E-state index is 0.118. The summed E-state index contributed by atoms with van der Waals surface area (Å²) >= 11 is 0. The molecule has 0 saturated carbocycles. The van der Waals surface area contributed by atoms with Crippen molar-refractivity contribution in [3.05, 3.63) is 0 Å². The molecular formula is C12H25NO2. The van der Waals surface area contributed by atoms with Crippen molar-refractivity contribution in [1.29, 1.82) is 0 Å². The molecule has 1 aliphatic heterocycles. The second-order valence-electron chi connectivity index (χ2n) is 4.86. The number of rotatable bonds is 6. The van der Waals surface area contributed by atoms with E-state index in [2.05, 4.69) is 26.1 Å². The molecule has 1 saturated heterocycles. The highest BCUT2D eigenvalue weighted by atomic mass is 16.5. The van der Waals surface area contributed by atoms with Crippen LogP contribution in [0.2, 0.25) is 0 Å². The second-order valence-corrected chi connectivity index (χ2v) is 4.86. The van der Waals surface area contributed by atoms with Crippen molar-refractivity contribution >= 4 is 0 Å². The third kappa shape index (κ3) is 3.44. The van der Waals surface area contributed by atoms with E-state index >= 15 is 0 Å². The maximum atomic E-state index is 5.59. The SMILES string of the molecule is CCCNC(C1CCOC1)C(C)(C)OC. The first-order valence-electron chi connectivity index (χ1n) is 5.98. The Morgan fingerprint density at radius 1 is 1.53 bits per heavy atom. The van der Waals surface area contributed by atoms with E-state index in [-0.39, 0.29) is 5.60 Å². The minimum atomic E-state index is -0.118. The van der Waals surface area contributed by atoms with Crippen molar-refractivity contribution in [3.63, 3.8) is 0 Å². The van der Waals surface area contributed by atoms with Crippen molar-refractivity contribution in [2.45, 2.75) is 45.3 Å². The van der Waals surface area contributed by atoms with Crippen LogP contribution in [0, 0.1) is 5.92 Å². The minimum Gasteiger partial charge on any atom is -0.381 e. The Morgan fingerprint density at radius 2 is 2.27 bits per heavy atom. The Balaban J connectivity index is 2.58. The summed E-state index contributed by atoms with van der Waals surface area (Å²) in [4.78, 5) is 0. The molecule has 0 bridgehead atoms. The molecule has 90 valence electrons. The van der Waals surface area contributed by atoms with E-state index in [1.54, 1.807) is 7.11 Å². The molecule has 0 amide bonds. The molecule has 1 rings (SSSR count). The van der Waals surface area contributed by atoms with Gasteiger partial charge in [0.2, 0.25) is 0 Å². The quantitative estimate of drug-likeness (QED) is 0.733. The summed E-state index contributed by atoms with van der Waals surface area (Å²) in [6.07, 6.45) is 2.30. The average Bonchev–Trinajstić information content (AvgIpc) is 2.71. The Morgan fingerprint density at radius 3 is 2.73 bits per heavy atom. The molecule has 2 unspecified atom stereocenters. The van der Waals surface area contributed by atoms with Gasteiger partial charge in [0.05, 0.1) is 12.2 Å². The summed E-state index contributed by atoms with van der Waals surface area (Å²) < 4.78 is 11.1. The van der Waals surface area contributed by atoms with Gasteiger partial charge >= 0.3 is 0 Å². The zero-order valence-electron chi connectivity index (χ0n) is 10.5. The third-order valence-electron chi connectivity index (χ3n) is 3.33. The van der Waals surface area contributed by atoms with Crippen LogP contribution in [0.15, 0.2) is 0 Å². The highest BCUT2D eigenvalue weighted by Crippen LogP contribution is 2.26. The molecule has 3 heteroatoms. The van der Waals surface area contributed by atoms with Crippen molar-refractivity contribution < 1.29 is 9.47 Å².